The molecule has 4 N–H and O–H groups in total. The van der Waals surface area contributed by atoms with Gasteiger partial charge in [0.25, 0.3) is 0 Å². The summed E-state index contributed by atoms with van der Waals surface area (Å²) in [5, 5.41) is 64.2. The minimum Gasteiger partial charge on any atom is -0.547 e. The third-order valence-corrected chi connectivity index (χ3v) is 5.53. The lowest BCUT2D eigenvalue weighted by Gasteiger charge is -2.45. The number of ether oxygens (including phenoxy) is 6. The highest BCUT2D eigenvalue weighted by atomic mass is 17.2. The van der Waals surface area contributed by atoms with Crippen molar-refractivity contribution in [3.8, 4) is 0 Å². The summed E-state index contributed by atoms with van der Waals surface area (Å²) < 4.78 is 30.1. The summed E-state index contributed by atoms with van der Waals surface area (Å²) in [5.74, 6) is -4.50. The first-order valence-corrected chi connectivity index (χ1v) is 11.1. The van der Waals surface area contributed by atoms with Crippen molar-refractivity contribution in [2.24, 2.45) is 0 Å². The average Bonchev–Trinajstić information content (AvgIpc) is 2.86. The van der Waals surface area contributed by atoms with Crippen LogP contribution in [-0.2, 0) is 52.6 Å². The van der Waals surface area contributed by atoms with E-state index < -0.39 is 98.6 Å². The number of carbonyl (C=O) groups excluding carboxylic acids is 3. The van der Waals surface area contributed by atoms with E-state index in [0.29, 0.717) is 0 Å². The predicted molar refractivity (Wildman–Crippen MR) is 111 cm³/mol. The van der Waals surface area contributed by atoms with Gasteiger partial charge in [-0.3, -0.25) is 0 Å². The maximum Gasteiger partial charge on any atom is 0.333 e. The van der Waals surface area contributed by atoms with E-state index in [1.165, 1.54) is 6.92 Å². The van der Waals surface area contributed by atoms with E-state index >= 15 is 0 Å². The van der Waals surface area contributed by atoms with Crippen LogP contribution in [0.2, 0.25) is 0 Å². The molecule has 2 rings (SSSR count). The van der Waals surface area contributed by atoms with E-state index in [9.17, 15) is 45.0 Å². The van der Waals surface area contributed by atoms with Crippen molar-refractivity contribution in [1.82, 2.24) is 0 Å². The van der Waals surface area contributed by atoms with Gasteiger partial charge in [0.05, 0.1) is 18.5 Å². The lowest BCUT2D eigenvalue weighted by Crippen LogP contribution is -2.65. The summed E-state index contributed by atoms with van der Waals surface area (Å²) in [4.78, 5) is 44.5. The van der Waals surface area contributed by atoms with Crippen LogP contribution in [0.3, 0.4) is 0 Å². The summed E-state index contributed by atoms with van der Waals surface area (Å²) in [6.45, 7) is 3.61. The topological polar surface area (TPSA) is 252 Å². The summed E-state index contributed by atoms with van der Waals surface area (Å²) in [7, 11) is 2.13. The average molecular weight is 554 g/mol. The summed E-state index contributed by atoms with van der Waals surface area (Å²) in [6.07, 6.45) is -19.7. The quantitative estimate of drug-likeness (QED) is 0.0715. The van der Waals surface area contributed by atoms with Gasteiger partial charge in [-0.05, 0) is 6.92 Å². The largest absolute Gasteiger partial charge is 0.547 e. The van der Waals surface area contributed by atoms with Crippen molar-refractivity contribution in [1.29, 1.82) is 0 Å². The molecule has 0 aliphatic carbocycles. The van der Waals surface area contributed by atoms with Crippen molar-refractivity contribution in [2.45, 2.75) is 74.4 Å². The molecule has 0 amide bonds. The molecule has 0 aromatic rings. The van der Waals surface area contributed by atoms with Gasteiger partial charge in [-0.1, -0.05) is 6.58 Å². The first-order chi connectivity index (χ1) is 17.8. The lowest BCUT2D eigenvalue weighted by atomic mass is 9.98. The molecule has 2 saturated heterocycles. The first-order valence-electron chi connectivity index (χ1n) is 11.1. The Kier molecular flexibility index (Phi) is 11.9. The van der Waals surface area contributed by atoms with Crippen LogP contribution in [0.5, 0.6) is 0 Å². The van der Waals surface area contributed by atoms with Gasteiger partial charge >= 0.3 is 5.97 Å². The smallest absolute Gasteiger partial charge is 0.333 e. The minimum absolute atomic E-state index is 0.0711. The van der Waals surface area contributed by atoms with Crippen LogP contribution in [0.1, 0.15) is 6.92 Å². The Morgan fingerprint density at radius 3 is 1.95 bits per heavy atom. The number of carboxylic acids is 2. The second kappa shape index (κ2) is 14.2. The molecule has 2 aliphatic rings. The number of hydrogen-bond acceptors (Lipinski definition) is 17. The van der Waals surface area contributed by atoms with Crippen LogP contribution in [0.15, 0.2) is 12.2 Å². The number of aliphatic carboxylic acids is 2. The molecule has 0 radical (unpaired) electrons. The molecule has 17 nitrogen and oxygen atoms in total. The molecule has 2 heterocycles. The maximum atomic E-state index is 11.6. The third kappa shape index (κ3) is 7.64. The van der Waals surface area contributed by atoms with Crippen LogP contribution >= 0.6 is 0 Å². The highest BCUT2D eigenvalue weighted by Gasteiger charge is 2.51. The normalized spacial score (nSPS) is 36.3. The van der Waals surface area contributed by atoms with Crippen LogP contribution < -0.4 is 10.2 Å². The van der Waals surface area contributed by atoms with Crippen molar-refractivity contribution >= 4 is 17.9 Å². The predicted octanol–water partition coefficient (Wildman–Crippen LogP) is -6.14. The van der Waals surface area contributed by atoms with E-state index in [-0.39, 0.29) is 5.57 Å². The Labute approximate surface area is 215 Å². The maximum absolute atomic E-state index is 11.6. The number of carboxylic acid groups (broad SMARTS) is 2. The second-order valence-corrected chi connectivity index (χ2v) is 8.38. The van der Waals surface area contributed by atoms with Crippen LogP contribution in [-0.4, -0.2) is 133 Å². The molecular weight excluding hydrogens is 524 g/mol. The summed E-state index contributed by atoms with van der Waals surface area (Å²) in [6, 6.07) is 0. The van der Waals surface area contributed by atoms with Crippen molar-refractivity contribution in [2.75, 3.05) is 27.4 Å². The van der Waals surface area contributed by atoms with Gasteiger partial charge < -0.3 is 68.6 Å². The van der Waals surface area contributed by atoms with Gasteiger partial charge in [0.2, 0.25) is 6.29 Å². The fourth-order valence-corrected chi connectivity index (χ4v) is 3.55. The molecule has 17 heteroatoms. The van der Waals surface area contributed by atoms with Crippen molar-refractivity contribution in [3.63, 3.8) is 0 Å². The highest BCUT2D eigenvalue weighted by Crippen LogP contribution is 2.29. The molecule has 0 aromatic carbocycles. The highest BCUT2D eigenvalue weighted by molar-refractivity contribution is 5.86. The molecular formula is C21H30O17-2. The number of hydrogen-bond donors (Lipinski definition) is 4. The zero-order chi connectivity index (χ0) is 28.7. The van der Waals surface area contributed by atoms with Gasteiger partial charge in [0.1, 0.15) is 55.4 Å². The number of aliphatic hydroxyl groups is 4. The molecule has 0 aromatic heterocycles. The van der Waals surface area contributed by atoms with E-state index in [2.05, 4.69) is 6.58 Å². The standard InChI is InChI=1S/C21H32O17/c1-7(2)19(30)34-6-8(22)5-33-14-11(25)12(31-3)15(17(26)27)36-21(14)38-37-13-9(23)10(24)20(32-4)35-16(13)18(28)29/h8-16,20-25H,1,5-6H2,2-4H3,(H,26,27)(H,28,29)/p-2/t8?,9-,10?,11+,12+,13+,14?,15?,16?,20-,21+/m1/s1. The Bertz CT molecular complexity index is 835. The van der Waals surface area contributed by atoms with Gasteiger partial charge in [0.15, 0.2) is 12.4 Å². The van der Waals surface area contributed by atoms with Gasteiger partial charge in [-0.2, -0.15) is 0 Å². The van der Waals surface area contributed by atoms with Crippen molar-refractivity contribution < 1.29 is 83.2 Å². The van der Waals surface area contributed by atoms with Gasteiger partial charge in [-0.15, -0.1) is 0 Å². The molecule has 0 spiro atoms. The minimum atomic E-state index is -2.04. The number of esters is 1. The zero-order valence-electron chi connectivity index (χ0n) is 20.6. The third-order valence-electron chi connectivity index (χ3n) is 5.53. The summed E-state index contributed by atoms with van der Waals surface area (Å²) >= 11 is 0. The van der Waals surface area contributed by atoms with E-state index in [1.54, 1.807) is 0 Å². The van der Waals surface area contributed by atoms with Crippen molar-refractivity contribution in [3.05, 3.63) is 12.2 Å². The SMILES string of the molecule is C=C(C)C(=O)OCC(O)COC1[C@H](OO[C@@H]2C(C(=O)[O-])O[C@@H](OC)C(O)[C@H]2O)OC(C(=O)[O-])[C@@H](OC)[C@@H]1O. The van der Waals surface area contributed by atoms with E-state index in [0.717, 1.165) is 14.2 Å². The van der Waals surface area contributed by atoms with Crippen LogP contribution in [0.25, 0.3) is 0 Å². The van der Waals surface area contributed by atoms with Crippen LogP contribution in [0.4, 0.5) is 0 Å². The first kappa shape index (κ1) is 31.9. The van der Waals surface area contributed by atoms with E-state index in [4.69, 9.17) is 38.2 Å². The Balaban J connectivity index is 2.18. The fourth-order valence-electron chi connectivity index (χ4n) is 3.55. The second-order valence-electron chi connectivity index (χ2n) is 8.38. The molecule has 0 saturated carbocycles. The molecule has 11 atom stereocenters. The number of rotatable bonds is 13. The molecule has 38 heavy (non-hydrogen) atoms. The molecule has 0 bridgehead atoms. The van der Waals surface area contributed by atoms with E-state index in [1.807, 2.05) is 0 Å². The van der Waals surface area contributed by atoms with Crippen LogP contribution in [0, 0.1) is 0 Å². The lowest BCUT2D eigenvalue weighted by molar-refractivity contribution is -0.468. The number of aliphatic hydroxyl groups excluding tert-OH is 4. The molecule has 2 aliphatic heterocycles. The zero-order valence-corrected chi connectivity index (χ0v) is 20.6. The Hall–Kier alpha value is -2.29. The Morgan fingerprint density at radius 1 is 0.842 bits per heavy atom. The van der Waals surface area contributed by atoms with Gasteiger partial charge in [0, 0.05) is 19.8 Å². The molecule has 2 fully saturated rings. The Morgan fingerprint density at radius 2 is 1.42 bits per heavy atom. The fraction of sp³-hybridized carbons (Fsp3) is 0.762. The molecule has 5 unspecified atom stereocenters. The summed E-state index contributed by atoms with van der Waals surface area (Å²) in [5.41, 5.74) is 0.0711. The van der Waals surface area contributed by atoms with Gasteiger partial charge in [-0.25, -0.2) is 14.6 Å². The monoisotopic (exact) mass is 554 g/mol. The number of carbonyl (C=O) groups is 3. The molecule has 218 valence electrons. The number of methoxy groups -OCH3 is 2.